The molecule has 8 nitrogen and oxygen atoms in total. The molecule has 1 spiro atoms. The van der Waals surface area contributed by atoms with Gasteiger partial charge in [-0.3, -0.25) is 14.4 Å². The van der Waals surface area contributed by atoms with Gasteiger partial charge in [0.2, 0.25) is 17.7 Å². The lowest BCUT2D eigenvalue weighted by molar-refractivity contribution is -0.148. The lowest BCUT2D eigenvalue weighted by atomic mass is 9.66. The van der Waals surface area contributed by atoms with E-state index in [2.05, 4.69) is 10.6 Å². The molecule has 3 N–H and O–H groups in total. The highest BCUT2D eigenvalue weighted by Crippen LogP contribution is 2.63. The highest BCUT2D eigenvalue weighted by Gasteiger charge is 2.78. The first-order valence-corrected chi connectivity index (χ1v) is 12.1. The number of nitrogens with zero attached hydrogens (tertiary/aromatic N) is 1. The van der Waals surface area contributed by atoms with Crippen LogP contribution in [0.25, 0.3) is 0 Å². The zero-order valence-electron chi connectivity index (χ0n) is 19.7. The summed E-state index contributed by atoms with van der Waals surface area (Å²) >= 11 is 0. The van der Waals surface area contributed by atoms with E-state index in [9.17, 15) is 19.5 Å². The van der Waals surface area contributed by atoms with E-state index in [1.54, 1.807) is 12.1 Å². The first-order valence-electron chi connectivity index (χ1n) is 12.1. The Morgan fingerprint density at radius 2 is 1.94 bits per heavy atom. The van der Waals surface area contributed by atoms with Crippen molar-refractivity contribution in [2.24, 2.45) is 11.8 Å². The lowest BCUT2D eigenvalue weighted by Crippen LogP contribution is -2.58. The summed E-state index contributed by atoms with van der Waals surface area (Å²) in [5.41, 5.74) is -1.24. The van der Waals surface area contributed by atoms with Gasteiger partial charge in [0.1, 0.15) is 11.6 Å². The molecule has 4 rings (SSSR count). The Hall–Kier alpha value is -2.45. The molecular formula is C25H35N3O5. The van der Waals surface area contributed by atoms with Crippen LogP contribution in [0, 0.1) is 11.8 Å². The molecule has 33 heavy (non-hydrogen) atoms. The van der Waals surface area contributed by atoms with E-state index in [1.807, 2.05) is 39.0 Å². The van der Waals surface area contributed by atoms with E-state index < -0.39 is 35.1 Å². The Morgan fingerprint density at radius 1 is 1.21 bits per heavy atom. The fraction of sp³-hybridized carbons (Fsp3) is 0.640. The first-order chi connectivity index (χ1) is 15.8. The lowest BCUT2D eigenvalue weighted by Gasteiger charge is -2.36. The molecule has 1 aromatic carbocycles. The molecule has 2 unspecified atom stereocenters. The third kappa shape index (κ3) is 3.73. The minimum Gasteiger partial charge on any atom is -0.394 e. The van der Waals surface area contributed by atoms with E-state index in [1.165, 1.54) is 4.90 Å². The van der Waals surface area contributed by atoms with Crippen LogP contribution in [0.5, 0.6) is 0 Å². The number of carbonyl (C=O) groups excluding carboxylic acids is 3. The third-order valence-corrected chi connectivity index (χ3v) is 7.69. The average Bonchev–Trinajstić information content (AvgIpc) is 3.37. The molecule has 180 valence electrons. The topological polar surface area (TPSA) is 108 Å². The van der Waals surface area contributed by atoms with Crippen molar-refractivity contribution < 1.29 is 24.2 Å². The van der Waals surface area contributed by atoms with Gasteiger partial charge in [-0.2, -0.15) is 0 Å². The number of hydrogen-bond acceptors (Lipinski definition) is 5. The summed E-state index contributed by atoms with van der Waals surface area (Å²) in [5.74, 6) is -2.29. The Labute approximate surface area is 195 Å². The molecule has 3 aliphatic rings. The van der Waals surface area contributed by atoms with Gasteiger partial charge in [0.15, 0.2) is 0 Å². The van der Waals surface area contributed by atoms with Crippen molar-refractivity contribution in [2.45, 2.75) is 76.2 Å². The van der Waals surface area contributed by atoms with Crippen molar-refractivity contribution in [3.05, 3.63) is 30.3 Å². The number of unbranched alkanes of at least 4 members (excludes halogenated alkanes) is 1. The zero-order valence-corrected chi connectivity index (χ0v) is 19.7. The molecule has 8 heteroatoms. The van der Waals surface area contributed by atoms with Gasteiger partial charge in [-0.15, -0.1) is 0 Å². The molecule has 3 aliphatic heterocycles. The van der Waals surface area contributed by atoms with Crippen LogP contribution in [-0.4, -0.2) is 64.2 Å². The van der Waals surface area contributed by atoms with E-state index in [-0.39, 0.29) is 24.3 Å². The standard InChI is InChI=1S/C25H35N3O5/c1-4-6-14-26-22(31)20-25-13-12-24(3,33-25)18(21(30)27-16-10-8-7-9-11-16)19(25)23(32)28(20)17(5-2)15-29/h7-11,17-20,29H,4-6,12-15H2,1-3H3,(H,26,31)(H,27,30)/t17-,18+,19-,20?,24-,25?/m0/s1. The second kappa shape index (κ2) is 9.06. The number of hydrogen-bond donors (Lipinski definition) is 3. The van der Waals surface area contributed by atoms with Gasteiger partial charge in [0, 0.05) is 12.2 Å². The molecule has 6 atom stereocenters. The SMILES string of the molecule is CCCCNC(=O)C1N([C@@H](CC)CO)C(=O)[C@@H]2[C@H](C(=O)Nc3ccccc3)[C@]3(C)CCC12O3. The molecule has 0 aliphatic carbocycles. The van der Waals surface area contributed by atoms with Crippen LogP contribution in [0.15, 0.2) is 30.3 Å². The number of fused-ring (bicyclic) bond motifs is 1. The van der Waals surface area contributed by atoms with Gasteiger partial charge in [-0.25, -0.2) is 0 Å². The Morgan fingerprint density at radius 3 is 2.58 bits per heavy atom. The number of amides is 3. The van der Waals surface area contributed by atoms with Crippen molar-refractivity contribution in [2.75, 3.05) is 18.5 Å². The van der Waals surface area contributed by atoms with Gasteiger partial charge in [-0.05, 0) is 44.7 Å². The maximum atomic E-state index is 13.9. The number of likely N-dealkylation sites (tertiary alicyclic amines) is 1. The Bertz CT molecular complexity index is 905. The summed E-state index contributed by atoms with van der Waals surface area (Å²) in [5, 5.41) is 15.9. The summed E-state index contributed by atoms with van der Waals surface area (Å²) in [7, 11) is 0. The van der Waals surface area contributed by atoms with Crippen LogP contribution in [0.1, 0.15) is 52.9 Å². The fourth-order valence-electron chi connectivity index (χ4n) is 6.10. The minimum atomic E-state index is -1.07. The Balaban J connectivity index is 1.71. The summed E-state index contributed by atoms with van der Waals surface area (Å²) in [6, 6.07) is 7.77. The highest BCUT2D eigenvalue weighted by molar-refractivity contribution is 6.02. The van der Waals surface area contributed by atoms with Gasteiger partial charge in [-0.1, -0.05) is 38.5 Å². The Kier molecular flexibility index (Phi) is 6.51. The normalized spacial score (nSPS) is 33.2. The monoisotopic (exact) mass is 457 g/mol. The number of benzene rings is 1. The molecule has 3 amide bonds. The molecule has 0 radical (unpaired) electrons. The van der Waals surface area contributed by atoms with Crippen LogP contribution in [0.2, 0.25) is 0 Å². The molecule has 0 saturated carbocycles. The second-order valence-electron chi connectivity index (χ2n) is 9.72. The molecule has 3 heterocycles. The summed E-state index contributed by atoms with van der Waals surface area (Å²) in [6.45, 7) is 6.07. The minimum absolute atomic E-state index is 0.248. The van der Waals surface area contributed by atoms with Crippen LogP contribution >= 0.6 is 0 Å². The van der Waals surface area contributed by atoms with Crippen molar-refractivity contribution in [3.63, 3.8) is 0 Å². The van der Waals surface area contributed by atoms with E-state index in [0.717, 1.165) is 12.8 Å². The number of aliphatic hydroxyl groups excluding tert-OH is 1. The van der Waals surface area contributed by atoms with Crippen molar-refractivity contribution >= 4 is 23.4 Å². The molecule has 1 aromatic rings. The van der Waals surface area contributed by atoms with E-state index >= 15 is 0 Å². The molecule has 2 bridgehead atoms. The number of rotatable bonds is 9. The second-order valence-corrected chi connectivity index (χ2v) is 9.72. The van der Waals surface area contributed by atoms with E-state index in [0.29, 0.717) is 31.5 Å². The predicted octanol–water partition coefficient (Wildman–Crippen LogP) is 2.08. The number of ether oxygens (including phenoxy) is 1. The largest absolute Gasteiger partial charge is 0.394 e. The third-order valence-electron chi connectivity index (χ3n) is 7.69. The van der Waals surface area contributed by atoms with Crippen LogP contribution in [-0.2, 0) is 19.1 Å². The van der Waals surface area contributed by atoms with Gasteiger partial charge >= 0.3 is 0 Å². The average molecular weight is 458 g/mol. The molecule has 3 fully saturated rings. The first kappa shape index (κ1) is 23.7. The number of anilines is 1. The fourth-order valence-corrected chi connectivity index (χ4v) is 6.10. The van der Waals surface area contributed by atoms with Gasteiger partial charge in [0.25, 0.3) is 0 Å². The van der Waals surface area contributed by atoms with Crippen molar-refractivity contribution in [3.8, 4) is 0 Å². The quantitative estimate of drug-likeness (QED) is 0.492. The van der Waals surface area contributed by atoms with Crippen LogP contribution < -0.4 is 10.6 Å². The molecule has 3 saturated heterocycles. The molecular weight excluding hydrogens is 422 g/mol. The maximum absolute atomic E-state index is 13.9. The van der Waals surface area contributed by atoms with Gasteiger partial charge in [0.05, 0.1) is 30.1 Å². The number of carbonyl (C=O) groups is 3. The zero-order chi connectivity index (χ0) is 23.8. The molecule has 0 aromatic heterocycles. The summed E-state index contributed by atoms with van der Waals surface area (Å²) in [6.07, 6.45) is 3.39. The number of para-hydroxylation sites is 1. The highest BCUT2D eigenvalue weighted by atomic mass is 16.5. The van der Waals surface area contributed by atoms with Crippen LogP contribution in [0.4, 0.5) is 5.69 Å². The smallest absolute Gasteiger partial charge is 0.245 e. The summed E-state index contributed by atoms with van der Waals surface area (Å²) < 4.78 is 6.56. The number of aliphatic hydroxyl groups is 1. The predicted molar refractivity (Wildman–Crippen MR) is 123 cm³/mol. The summed E-state index contributed by atoms with van der Waals surface area (Å²) in [4.78, 5) is 42.3. The van der Waals surface area contributed by atoms with Crippen LogP contribution in [0.3, 0.4) is 0 Å². The van der Waals surface area contributed by atoms with Gasteiger partial charge < -0.3 is 25.4 Å². The van der Waals surface area contributed by atoms with Crippen molar-refractivity contribution in [1.29, 1.82) is 0 Å². The van der Waals surface area contributed by atoms with E-state index in [4.69, 9.17) is 4.74 Å². The maximum Gasteiger partial charge on any atom is 0.245 e. The van der Waals surface area contributed by atoms with Crippen molar-refractivity contribution in [1.82, 2.24) is 10.2 Å². The number of nitrogens with one attached hydrogen (secondary N) is 2.